The van der Waals surface area contributed by atoms with Crippen LogP contribution in [-0.4, -0.2) is 28.9 Å². The van der Waals surface area contributed by atoms with Crippen LogP contribution in [0.15, 0.2) is 12.6 Å². The van der Waals surface area contributed by atoms with Crippen molar-refractivity contribution >= 4 is 17.8 Å². The third kappa shape index (κ3) is 4.57. The first kappa shape index (κ1) is 9.24. The van der Waals surface area contributed by atoms with Crippen molar-refractivity contribution in [3.05, 3.63) is 12.6 Å². The maximum atomic E-state index is 10.8. The molecule has 0 aliphatic carbocycles. The van der Waals surface area contributed by atoms with Gasteiger partial charge in [0, 0.05) is 0 Å². The lowest BCUT2D eigenvalue weighted by Crippen LogP contribution is -2.42. The number of hydrogen-bond acceptors (Lipinski definition) is 3. The molecule has 0 aliphatic heterocycles. The van der Waals surface area contributed by atoms with Crippen molar-refractivity contribution in [1.29, 1.82) is 0 Å². The summed E-state index contributed by atoms with van der Waals surface area (Å²) in [5.74, 6) is -2.93. The molecule has 72 valence electrons. The predicted molar refractivity (Wildman–Crippen MR) is 43.6 cm³/mol. The van der Waals surface area contributed by atoms with Crippen molar-refractivity contribution in [3.63, 3.8) is 0 Å². The van der Waals surface area contributed by atoms with Gasteiger partial charge in [-0.25, -0.2) is 4.79 Å². The largest absolute Gasteiger partial charge is 0.480 e. The second-order valence-electron chi connectivity index (χ2n) is 2.24. The lowest BCUT2D eigenvalue weighted by molar-refractivity contribution is -0.142. The van der Waals surface area contributed by atoms with Gasteiger partial charge >= 0.3 is 5.97 Å². The van der Waals surface area contributed by atoms with E-state index in [1.807, 2.05) is 5.32 Å². The third-order valence-electron chi connectivity index (χ3n) is 1.17. The van der Waals surface area contributed by atoms with Gasteiger partial charge in [-0.15, -0.1) is 0 Å². The van der Waals surface area contributed by atoms with Gasteiger partial charge in [0.25, 0.3) is 0 Å². The predicted octanol–water partition coefficient (Wildman–Crippen LogP) is -1.38. The van der Waals surface area contributed by atoms with Crippen LogP contribution in [0.1, 0.15) is 7.79 Å². The number of nitrogens with one attached hydrogen (secondary N) is 1. The Morgan fingerprint density at radius 3 is 2.69 bits per heavy atom. The first-order valence-electron chi connectivity index (χ1n) is 3.91. The van der Waals surface area contributed by atoms with E-state index in [9.17, 15) is 14.4 Å². The standard InChI is InChI=1S/C7H10N2O4/c1-2-6(11)9-4(7(12)13)3-5(8)10/h2,4H,1,3H2,(H2,8,10)(H,9,11)(H,12,13)/t4-/m0/s1/i1D. The molecule has 0 bridgehead atoms. The summed E-state index contributed by atoms with van der Waals surface area (Å²) in [6.07, 6.45) is 0.351. The number of aliphatic carboxylic acids is 1. The Balaban J connectivity index is 4.30. The number of carbonyl (C=O) groups excluding carboxylic acids is 2. The number of nitrogens with two attached hydrogens (primary N) is 1. The van der Waals surface area contributed by atoms with Gasteiger partial charge in [-0.2, -0.15) is 0 Å². The van der Waals surface area contributed by atoms with Gasteiger partial charge in [0.15, 0.2) is 0 Å². The first-order chi connectivity index (χ1) is 6.47. The van der Waals surface area contributed by atoms with Gasteiger partial charge in [-0.3, -0.25) is 9.59 Å². The fourth-order valence-electron chi connectivity index (χ4n) is 0.621. The molecular formula is C7H10N2O4. The minimum Gasteiger partial charge on any atom is -0.480 e. The number of carboxylic acids is 1. The first-order valence-corrected chi connectivity index (χ1v) is 3.34. The second-order valence-corrected chi connectivity index (χ2v) is 2.24. The summed E-state index contributed by atoms with van der Waals surface area (Å²) in [5, 5.41) is 10.5. The summed E-state index contributed by atoms with van der Waals surface area (Å²) in [6, 6.07) is -1.35. The maximum absolute atomic E-state index is 10.8. The van der Waals surface area contributed by atoms with E-state index in [0.29, 0.717) is 6.55 Å². The Morgan fingerprint density at radius 1 is 1.69 bits per heavy atom. The van der Waals surface area contributed by atoms with E-state index in [0.717, 1.165) is 6.08 Å². The highest BCUT2D eigenvalue weighted by Crippen LogP contribution is 1.91. The summed E-state index contributed by atoms with van der Waals surface area (Å²) in [6.45, 7) is 0.707. The van der Waals surface area contributed by atoms with Crippen LogP contribution in [0, 0.1) is 0 Å². The Labute approximate surface area is 75.8 Å². The summed E-state index contributed by atoms with van der Waals surface area (Å²) in [7, 11) is 0. The zero-order valence-electron chi connectivity index (χ0n) is 7.69. The van der Waals surface area contributed by atoms with Crippen LogP contribution >= 0.6 is 0 Å². The molecule has 0 fully saturated rings. The van der Waals surface area contributed by atoms with Gasteiger partial charge in [0.2, 0.25) is 11.8 Å². The molecule has 13 heavy (non-hydrogen) atoms. The number of amides is 2. The molecule has 0 heterocycles. The van der Waals surface area contributed by atoms with Crippen LogP contribution in [0.25, 0.3) is 0 Å². The fourth-order valence-corrected chi connectivity index (χ4v) is 0.621. The SMILES string of the molecule is [2H]C=CC(=O)N[C@@H](CC(N)=O)C(=O)O. The molecule has 0 rings (SSSR count). The number of carboxylic acid groups (broad SMARTS) is 1. The quantitative estimate of drug-likeness (QED) is 0.460. The lowest BCUT2D eigenvalue weighted by Gasteiger charge is -2.10. The zero-order chi connectivity index (χ0) is 11.1. The molecular weight excluding hydrogens is 176 g/mol. The van der Waals surface area contributed by atoms with E-state index >= 15 is 0 Å². The Hall–Kier alpha value is -1.85. The van der Waals surface area contributed by atoms with Crippen molar-refractivity contribution in [2.45, 2.75) is 12.5 Å². The molecule has 0 aromatic carbocycles. The van der Waals surface area contributed by atoms with Crippen molar-refractivity contribution in [2.75, 3.05) is 0 Å². The van der Waals surface area contributed by atoms with Crippen molar-refractivity contribution in [2.24, 2.45) is 5.73 Å². The summed E-state index contributed by atoms with van der Waals surface area (Å²) in [4.78, 5) is 31.7. The minimum atomic E-state index is -1.35. The smallest absolute Gasteiger partial charge is 0.326 e. The lowest BCUT2D eigenvalue weighted by atomic mass is 10.2. The minimum absolute atomic E-state index is 0.479. The van der Waals surface area contributed by atoms with Crippen molar-refractivity contribution in [1.82, 2.24) is 5.32 Å². The van der Waals surface area contributed by atoms with Crippen LogP contribution in [-0.2, 0) is 14.4 Å². The number of carbonyl (C=O) groups is 3. The molecule has 0 aliphatic rings. The molecule has 0 unspecified atom stereocenters. The van der Waals surface area contributed by atoms with Gasteiger partial charge in [-0.1, -0.05) is 6.55 Å². The fraction of sp³-hybridized carbons (Fsp3) is 0.286. The van der Waals surface area contributed by atoms with Crippen LogP contribution in [0.5, 0.6) is 0 Å². The van der Waals surface area contributed by atoms with Gasteiger partial charge < -0.3 is 16.2 Å². The van der Waals surface area contributed by atoms with E-state index < -0.39 is 30.2 Å². The van der Waals surface area contributed by atoms with Crippen molar-refractivity contribution in [3.8, 4) is 0 Å². The third-order valence-corrected chi connectivity index (χ3v) is 1.17. The number of rotatable bonds is 5. The Morgan fingerprint density at radius 2 is 2.31 bits per heavy atom. The van der Waals surface area contributed by atoms with Gasteiger partial charge in [0.1, 0.15) is 6.04 Å². The second kappa shape index (κ2) is 4.91. The van der Waals surface area contributed by atoms with Gasteiger partial charge in [-0.05, 0) is 6.08 Å². The summed E-state index contributed by atoms with van der Waals surface area (Å²) in [5.41, 5.74) is 4.77. The Bertz CT molecular complexity index is 277. The molecule has 0 spiro atoms. The van der Waals surface area contributed by atoms with E-state index in [1.165, 1.54) is 0 Å². The molecule has 6 nitrogen and oxygen atoms in total. The van der Waals surface area contributed by atoms with E-state index in [4.69, 9.17) is 12.2 Å². The summed E-state index contributed by atoms with van der Waals surface area (Å²) < 4.78 is 6.55. The number of primary amides is 1. The normalized spacial score (nSPS) is 13.4. The highest BCUT2D eigenvalue weighted by molar-refractivity contribution is 5.92. The molecule has 0 saturated carbocycles. The average molecular weight is 187 g/mol. The van der Waals surface area contributed by atoms with Crippen LogP contribution in [0.2, 0.25) is 0 Å². The van der Waals surface area contributed by atoms with Crippen LogP contribution in [0.4, 0.5) is 0 Å². The molecule has 0 saturated heterocycles. The molecule has 2 amide bonds. The highest BCUT2D eigenvalue weighted by Gasteiger charge is 2.20. The summed E-state index contributed by atoms with van der Waals surface area (Å²) >= 11 is 0. The molecule has 0 radical (unpaired) electrons. The molecule has 0 aromatic rings. The zero-order valence-corrected chi connectivity index (χ0v) is 6.69. The molecule has 0 aromatic heterocycles. The maximum Gasteiger partial charge on any atom is 0.326 e. The highest BCUT2D eigenvalue weighted by atomic mass is 16.4. The van der Waals surface area contributed by atoms with E-state index in [-0.39, 0.29) is 0 Å². The molecule has 4 N–H and O–H groups in total. The monoisotopic (exact) mass is 187 g/mol. The Kier molecular flexibility index (Phi) is 3.49. The van der Waals surface area contributed by atoms with Gasteiger partial charge in [0.05, 0.1) is 7.79 Å². The van der Waals surface area contributed by atoms with Crippen LogP contribution < -0.4 is 11.1 Å². The van der Waals surface area contributed by atoms with Crippen LogP contribution in [0.3, 0.4) is 0 Å². The number of hydrogen-bond donors (Lipinski definition) is 3. The average Bonchev–Trinajstić information content (AvgIpc) is 2.02. The molecule has 1 atom stereocenters. The van der Waals surface area contributed by atoms with E-state index in [2.05, 4.69) is 0 Å². The van der Waals surface area contributed by atoms with Crippen molar-refractivity contribution < 1.29 is 20.9 Å². The van der Waals surface area contributed by atoms with E-state index in [1.54, 1.807) is 0 Å². The topological polar surface area (TPSA) is 109 Å². The molecule has 6 heteroatoms.